The van der Waals surface area contributed by atoms with Crippen LogP contribution in [0.2, 0.25) is 0 Å². The quantitative estimate of drug-likeness (QED) is 0.182. The smallest absolute Gasteiger partial charge is 0.0361 e. The average Bonchev–Trinajstić information content (AvgIpc) is 3.61. The topological polar surface area (TPSA) is 0 Å². The number of allylic oxidation sites excluding steroid dienone is 4. The summed E-state index contributed by atoms with van der Waals surface area (Å²) in [5.74, 6) is 0.334. The zero-order valence-electron chi connectivity index (χ0n) is 27.6. The SMILES string of the molecule is CC(C)(C)C1=CC(c2cc(-c3ccc4c(c3)sc3ccccc34)cc(C(C)(C)C)c2)=CC(c2ccc3c(c2)sc2ccccc23)C1. The summed E-state index contributed by atoms with van der Waals surface area (Å²) in [4.78, 5) is 0. The summed E-state index contributed by atoms with van der Waals surface area (Å²) in [6.45, 7) is 14.1. The lowest BCUT2D eigenvalue weighted by Crippen LogP contribution is -2.16. The highest BCUT2D eigenvalue weighted by atomic mass is 32.1. The highest BCUT2D eigenvalue weighted by Crippen LogP contribution is 2.45. The van der Waals surface area contributed by atoms with Crippen LogP contribution < -0.4 is 0 Å². The molecule has 2 heteroatoms. The maximum atomic E-state index is 2.55. The molecule has 1 aliphatic rings. The van der Waals surface area contributed by atoms with E-state index in [0.29, 0.717) is 5.92 Å². The summed E-state index contributed by atoms with van der Waals surface area (Å²) in [6, 6.07) is 39.1. The first kappa shape index (κ1) is 29.4. The number of hydrogen-bond donors (Lipinski definition) is 0. The Morgan fingerprint density at radius 3 is 1.76 bits per heavy atom. The van der Waals surface area contributed by atoms with Gasteiger partial charge in [0.25, 0.3) is 0 Å². The molecule has 2 heterocycles. The van der Waals surface area contributed by atoms with E-state index in [1.165, 1.54) is 79.3 Å². The van der Waals surface area contributed by atoms with Gasteiger partial charge in [-0.15, -0.1) is 22.7 Å². The summed E-state index contributed by atoms with van der Waals surface area (Å²) in [7, 11) is 0. The van der Waals surface area contributed by atoms with Crippen molar-refractivity contribution in [2.45, 2.75) is 59.3 Å². The maximum absolute atomic E-state index is 2.55. The second-order valence-corrected chi connectivity index (χ2v) is 17.2. The number of thiophene rings is 2. The Bertz CT molecular complexity index is 2360. The highest BCUT2D eigenvalue weighted by Gasteiger charge is 2.27. The Balaban J connectivity index is 1.27. The lowest BCUT2D eigenvalue weighted by atomic mass is 9.74. The summed E-state index contributed by atoms with van der Waals surface area (Å²) in [5, 5.41) is 5.44. The third kappa shape index (κ3) is 5.22. The van der Waals surface area contributed by atoms with Crippen LogP contribution in [0.4, 0.5) is 0 Å². The van der Waals surface area contributed by atoms with Crippen LogP contribution in [0.5, 0.6) is 0 Å². The zero-order valence-corrected chi connectivity index (χ0v) is 29.2. The molecule has 2 aromatic heterocycles. The molecule has 46 heavy (non-hydrogen) atoms. The summed E-state index contributed by atoms with van der Waals surface area (Å²) < 4.78 is 5.45. The lowest BCUT2D eigenvalue weighted by molar-refractivity contribution is 0.473. The Morgan fingerprint density at radius 2 is 1.11 bits per heavy atom. The van der Waals surface area contributed by atoms with Gasteiger partial charge in [-0.2, -0.15) is 0 Å². The number of fused-ring (bicyclic) bond motifs is 6. The third-order valence-corrected chi connectivity index (χ3v) is 12.1. The maximum Gasteiger partial charge on any atom is 0.0361 e. The third-order valence-electron chi connectivity index (χ3n) is 9.79. The van der Waals surface area contributed by atoms with Crippen molar-refractivity contribution in [1.82, 2.24) is 0 Å². The lowest BCUT2D eigenvalue weighted by Gasteiger charge is -2.31. The van der Waals surface area contributed by atoms with E-state index in [9.17, 15) is 0 Å². The second kappa shape index (κ2) is 10.8. The van der Waals surface area contributed by atoms with Crippen LogP contribution in [0, 0.1) is 5.41 Å². The van der Waals surface area contributed by atoms with Gasteiger partial charge < -0.3 is 0 Å². The van der Waals surface area contributed by atoms with Crippen molar-refractivity contribution in [2.24, 2.45) is 5.41 Å². The van der Waals surface area contributed by atoms with Gasteiger partial charge >= 0.3 is 0 Å². The Kier molecular flexibility index (Phi) is 6.90. The van der Waals surface area contributed by atoms with E-state index in [1.807, 2.05) is 22.7 Å². The van der Waals surface area contributed by atoms with Crippen LogP contribution in [-0.2, 0) is 5.41 Å². The molecule has 0 aliphatic heterocycles. The van der Waals surface area contributed by atoms with Crippen molar-refractivity contribution < 1.29 is 0 Å². The fourth-order valence-electron chi connectivity index (χ4n) is 7.00. The minimum absolute atomic E-state index is 0.0316. The Labute approximate surface area is 280 Å². The molecule has 1 aliphatic carbocycles. The van der Waals surface area contributed by atoms with Crippen molar-refractivity contribution in [3.05, 3.63) is 138 Å². The molecule has 0 radical (unpaired) electrons. The fourth-order valence-corrected chi connectivity index (χ4v) is 9.30. The largest absolute Gasteiger partial charge is 0.135 e. The van der Waals surface area contributed by atoms with E-state index in [-0.39, 0.29) is 10.8 Å². The van der Waals surface area contributed by atoms with Gasteiger partial charge in [0.15, 0.2) is 0 Å². The Hall–Kier alpha value is -3.98. The molecule has 0 fully saturated rings. The predicted molar refractivity (Wildman–Crippen MR) is 206 cm³/mol. The van der Waals surface area contributed by atoms with E-state index in [4.69, 9.17) is 0 Å². The van der Waals surface area contributed by atoms with Crippen molar-refractivity contribution in [1.29, 1.82) is 0 Å². The van der Waals surface area contributed by atoms with Crippen molar-refractivity contribution in [2.75, 3.05) is 0 Å². The van der Waals surface area contributed by atoms with E-state index in [1.54, 1.807) is 0 Å². The van der Waals surface area contributed by atoms with Gasteiger partial charge in [-0.1, -0.05) is 132 Å². The summed E-state index contributed by atoms with van der Waals surface area (Å²) in [5.41, 5.74) is 9.66. The van der Waals surface area contributed by atoms with E-state index in [0.717, 1.165) is 6.42 Å². The normalized spacial score (nSPS) is 16.0. The van der Waals surface area contributed by atoms with Crippen LogP contribution in [-0.4, -0.2) is 0 Å². The minimum atomic E-state index is 0.0316. The number of rotatable bonds is 3. The Morgan fingerprint density at radius 1 is 0.522 bits per heavy atom. The van der Waals surface area contributed by atoms with Gasteiger partial charge in [-0.05, 0) is 81.0 Å². The first-order valence-corrected chi connectivity index (χ1v) is 18.1. The second-order valence-electron chi connectivity index (χ2n) is 15.1. The standard InChI is InChI=1S/C44H40S2/c1-43(2,3)33-21-29(27-15-17-37-35-11-7-9-13-39(35)45-41(37)25-27)19-31(23-33)32-20-30(22-34(24-32)44(4,5)6)28-16-18-38-36-12-8-10-14-40(36)46-42(38)26-28/h7-21,23-26,30H,22H2,1-6H3. The van der Waals surface area contributed by atoms with Crippen LogP contribution >= 0.6 is 22.7 Å². The van der Waals surface area contributed by atoms with Crippen molar-refractivity contribution in [3.8, 4) is 11.1 Å². The van der Waals surface area contributed by atoms with Gasteiger partial charge in [0.1, 0.15) is 0 Å². The molecule has 7 aromatic rings. The molecule has 0 N–H and O–H groups in total. The van der Waals surface area contributed by atoms with Crippen molar-refractivity contribution in [3.63, 3.8) is 0 Å². The molecular weight excluding hydrogens is 593 g/mol. The van der Waals surface area contributed by atoms with Gasteiger partial charge in [0.05, 0.1) is 0 Å². The first-order chi connectivity index (χ1) is 22.0. The predicted octanol–water partition coefficient (Wildman–Crippen LogP) is 13.9. The van der Waals surface area contributed by atoms with E-state index < -0.39 is 0 Å². The molecular formula is C44H40S2. The van der Waals surface area contributed by atoms with Gasteiger partial charge in [0.2, 0.25) is 0 Å². The van der Waals surface area contributed by atoms with Gasteiger partial charge in [-0.3, -0.25) is 0 Å². The molecule has 228 valence electrons. The minimum Gasteiger partial charge on any atom is -0.135 e. The molecule has 5 aromatic carbocycles. The highest BCUT2D eigenvalue weighted by molar-refractivity contribution is 7.26. The molecule has 0 amide bonds. The molecule has 0 nitrogen and oxygen atoms in total. The first-order valence-electron chi connectivity index (χ1n) is 16.4. The molecule has 0 spiro atoms. The summed E-state index contributed by atoms with van der Waals surface area (Å²) >= 11 is 3.81. The number of benzene rings is 5. The van der Waals surface area contributed by atoms with E-state index in [2.05, 4.69) is 157 Å². The van der Waals surface area contributed by atoms with Gasteiger partial charge in [-0.25, -0.2) is 0 Å². The van der Waals surface area contributed by atoms with Crippen LogP contribution in [0.3, 0.4) is 0 Å². The molecule has 1 atom stereocenters. The molecule has 0 bridgehead atoms. The molecule has 0 saturated heterocycles. The van der Waals surface area contributed by atoms with Crippen LogP contribution in [0.1, 0.15) is 70.6 Å². The van der Waals surface area contributed by atoms with Gasteiger partial charge in [0, 0.05) is 46.3 Å². The van der Waals surface area contributed by atoms with Crippen LogP contribution in [0.25, 0.3) is 57.0 Å². The fraction of sp³-hybridized carbons (Fsp3) is 0.227. The van der Waals surface area contributed by atoms with Crippen molar-refractivity contribution >= 4 is 68.6 Å². The molecule has 0 saturated carbocycles. The summed E-state index contributed by atoms with van der Waals surface area (Å²) in [6.07, 6.45) is 6.09. The zero-order chi connectivity index (χ0) is 31.8. The monoisotopic (exact) mass is 632 g/mol. The molecule has 8 rings (SSSR count). The van der Waals surface area contributed by atoms with E-state index >= 15 is 0 Å². The average molecular weight is 633 g/mol. The van der Waals surface area contributed by atoms with Crippen LogP contribution in [0.15, 0.2) is 121 Å². The number of hydrogen-bond acceptors (Lipinski definition) is 2. The molecule has 1 unspecified atom stereocenters.